The smallest absolute Gasteiger partial charge is 0.407 e. The van der Waals surface area contributed by atoms with E-state index >= 15 is 0 Å². The summed E-state index contributed by atoms with van der Waals surface area (Å²) in [7, 11) is 0. The van der Waals surface area contributed by atoms with Gasteiger partial charge in [-0.05, 0) is 46.5 Å². The average molecular weight is 312 g/mol. The second kappa shape index (κ2) is 9.54. The van der Waals surface area contributed by atoms with Crippen molar-refractivity contribution in [1.82, 2.24) is 10.6 Å². The summed E-state index contributed by atoms with van der Waals surface area (Å²) in [6, 6.07) is 0.492. The van der Waals surface area contributed by atoms with Gasteiger partial charge in [0.15, 0.2) is 5.96 Å². The van der Waals surface area contributed by atoms with Crippen molar-refractivity contribution < 1.29 is 9.53 Å². The lowest BCUT2D eigenvalue weighted by Crippen LogP contribution is -2.41. The third-order valence-corrected chi connectivity index (χ3v) is 3.49. The number of carbonyl (C=O) groups excluding carboxylic acids is 1. The number of nitrogens with two attached hydrogens (primary N) is 1. The molecule has 0 aliphatic heterocycles. The Hall–Kier alpha value is -1.46. The van der Waals surface area contributed by atoms with Gasteiger partial charge in [-0.25, -0.2) is 4.79 Å². The van der Waals surface area contributed by atoms with E-state index in [9.17, 15) is 4.79 Å². The predicted molar refractivity (Wildman–Crippen MR) is 90.0 cm³/mol. The van der Waals surface area contributed by atoms with E-state index in [1.54, 1.807) is 0 Å². The van der Waals surface area contributed by atoms with Gasteiger partial charge in [-0.15, -0.1) is 0 Å². The number of nitrogens with zero attached hydrogens (tertiary/aromatic N) is 1. The van der Waals surface area contributed by atoms with Crippen molar-refractivity contribution in [3.8, 4) is 0 Å². The van der Waals surface area contributed by atoms with E-state index in [-0.39, 0.29) is 6.09 Å². The Morgan fingerprint density at radius 2 is 1.91 bits per heavy atom. The van der Waals surface area contributed by atoms with Crippen LogP contribution in [0.15, 0.2) is 4.99 Å². The fourth-order valence-corrected chi connectivity index (χ4v) is 2.44. The van der Waals surface area contributed by atoms with Gasteiger partial charge in [-0.2, -0.15) is 0 Å². The van der Waals surface area contributed by atoms with Crippen LogP contribution < -0.4 is 16.4 Å². The zero-order valence-corrected chi connectivity index (χ0v) is 14.3. The number of guanidine groups is 1. The Kier molecular flexibility index (Phi) is 8.06. The molecule has 22 heavy (non-hydrogen) atoms. The highest BCUT2D eigenvalue weighted by Gasteiger charge is 2.15. The van der Waals surface area contributed by atoms with Gasteiger partial charge in [-0.1, -0.05) is 19.3 Å². The minimum absolute atomic E-state index is 0.366. The van der Waals surface area contributed by atoms with Crippen molar-refractivity contribution in [3.05, 3.63) is 0 Å². The van der Waals surface area contributed by atoms with E-state index in [1.807, 2.05) is 20.8 Å². The molecule has 0 atom stereocenters. The monoisotopic (exact) mass is 312 g/mol. The Morgan fingerprint density at radius 1 is 1.23 bits per heavy atom. The molecule has 0 aromatic carbocycles. The number of hydrogen-bond donors (Lipinski definition) is 3. The molecule has 1 aliphatic rings. The third kappa shape index (κ3) is 9.47. The SMILES string of the molecule is CC(C)(C)OC(=O)NCCCCN=C(N)NC1CCCCC1. The van der Waals surface area contributed by atoms with E-state index in [2.05, 4.69) is 15.6 Å². The first-order valence-electron chi connectivity index (χ1n) is 8.40. The number of carbonyl (C=O) groups is 1. The molecule has 1 aliphatic carbocycles. The number of alkyl carbamates (subject to hydrolysis) is 1. The van der Waals surface area contributed by atoms with Gasteiger partial charge >= 0.3 is 6.09 Å². The standard InChI is InChI=1S/C16H32N4O2/c1-16(2,3)22-15(21)19-12-8-7-11-18-14(17)20-13-9-5-4-6-10-13/h13H,4-12H2,1-3H3,(H,19,21)(H3,17,18,20). The Labute approximate surface area is 134 Å². The molecular formula is C16H32N4O2. The quantitative estimate of drug-likeness (QED) is 0.399. The maximum absolute atomic E-state index is 11.4. The lowest BCUT2D eigenvalue weighted by molar-refractivity contribution is 0.0527. The summed E-state index contributed by atoms with van der Waals surface area (Å²) in [6.45, 7) is 6.83. The van der Waals surface area contributed by atoms with Crippen LogP contribution in [0.4, 0.5) is 4.79 Å². The molecule has 0 unspecified atom stereocenters. The highest BCUT2D eigenvalue weighted by molar-refractivity contribution is 5.78. The first-order chi connectivity index (χ1) is 10.4. The highest BCUT2D eigenvalue weighted by atomic mass is 16.6. The van der Waals surface area contributed by atoms with E-state index < -0.39 is 5.60 Å². The van der Waals surface area contributed by atoms with Crippen LogP contribution in [0.25, 0.3) is 0 Å². The molecule has 0 radical (unpaired) electrons. The van der Waals surface area contributed by atoms with Crippen molar-refractivity contribution in [2.75, 3.05) is 13.1 Å². The molecule has 0 spiro atoms. The minimum Gasteiger partial charge on any atom is -0.444 e. The predicted octanol–water partition coefficient (Wildman–Crippen LogP) is 2.53. The van der Waals surface area contributed by atoms with Crippen molar-refractivity contribution in [2.24, 2.45) is 10.7 Å². The lowest BCUT2D eigenvalue weighted by atomic mass is 9.96. The molecule has 1 saturated carbocycles. The van der Waals surface area contributed by atoms with E-state index in [4.69, 9.17) is 10.5 Å². The molecular weight excluding hydrogens is 280 g/mol. The lowest BCUT2D eigenvalue weighted by Gasteiger charge is -2.23. The zero-order valence-electron chi connectivity index (χ0n) is 14.3. The summed E-state index contributed by atoms with van der Waals surface area (Å²) in [5.41, 5.74) is 5.44. The van der Waals surface area contributed by atoms with Crippen molar-refractivity contribution >= 4 is 12.1 Å². The molecule has 0 aromatic rings. The maximum atomic E-state index is 11.4. The van der Waals surface area contributed by atoms with Gasteiger partial charge in [0.2, 0.25) is 0 Å². The van der Waals surface area contributed by atoms with Gasteiger partial charge < -0.3 is 21.1 Å². The Morgan fingerprint density at radius 3 is 2.55 bits per heavy atom. The number of rotatable bonds is 6. The molecule has 0 heterocycles. The molecule has 0 aromatic heterocycles. The molecule has 0 saturated heterocycles. The molecule has 1 fully saturated rings. The average Bonchev–Trinajstić information content (AvgIpc) is 2.42. The van der Waals surface area contributed by atoms with Gasteiger partial charge in [-0.3, -0.25) is 4.99 Å². The summed E-state index contributed by atoms with van der Waals surface area (Å²) < 4.78 is 5.16. The molecule has 1 amide bonds. The van der Waals surface area contributed by atoms with Crippen LogP contribution in [-0.4, -0.2) is 36.8 Å². The molecule has 6 heteroatoms. The van der Waals surface area contributed by atoms with E-state index in [0.29, 0.717) is 25.1 Å². The Balaban J connectivity index is 2.04. The van der Waals surface area contributed by atoms with Crippen molar-refractivity contribution in [1.29, 1.82) is 0 Å². The van der Waals surface area contributed by atoms with Gasteiger partial charge in [0.05, 0.1) is 0 Å². The first-order valence-corrected chi connectivity index (χ1v) is 8.40. The molecule has 6 nitrogen and oxygen atoms in total. The molecule has 4 N–H and O–H groups in total. The molecule has 1 rings (SSSR count). The first kappa shape index (κ1) is 18.6. The van der Waals surface area contributed by atoms with Crippen molar-refractivity contribution in [2.45, 2.75) is 77.4 Å². The van der Waals surface area contributed by atoms with Gasteiger partial charge in [0, 0.05) is 19.1 Å². The summed E-state index contributed by atoms with van der Waals surface area (Å²) >= 11 is 0. The second-order valence-corrected chi connectivity index (χ2v) is 6.88. The third-order valence-electron chi connectivity index (χ3n) is 3.49. The van der Waals surface area contributed by atoms with Crippen LogP contribution in [0, 0.1) is 0 Å². The normalized spacial score (nSPS) is 17.1. The highest BCUT2D eigenvalue weighted by Crippen LogP contribution is 2.16. The summed E-state index contributed by atoms with van der Waals surface area (Å²) in [6.07, 6.45) is 7.66. The van der Waals surface area contributed by atoms with Crippen LogP contribution in [0.5, 0.6) is 0 Å². The van der Waals surface area contributed by atoms with Crippen LogP contribution in [0.3, 0.4) is 0 Å². The number of unbranched alkanes of at least 4 members (excludes halogenated alkanes) is 1. The molecule has 0 bridgehead atoms. The summed E-state index contributed by atoms with van der Waals surface area (Å²) in [4.78, 5) is 15.8. The summed E-state index contributed by atoms with van der Waals surface area (Å²) in [5.74, 6) is 0.548. The maximum Gasteiger partial charge on any atom is 0.407 e. The minimum atomic E-state index is -0.451. The number of amides is 1. The van der Waals surface area contributed by atoms with E-state index in [0.717, 1.165) is 12.8 Å². The number of ether oxygens (including phenoxy) is 1. The second-order valence-electron chi connectivity index (χ2n) is 6.88. The largest absolute Gasteiger partial charge is 0.444 e. The van der Waals surface area contributed by atoms with E-state index in [1.165, 1.54) is 32.1 Å². The van der Waals surface area contributed by atoms with Crippen LogP contribution in [-0.2, 0) is 4.74 Å². The topological polar surface area (TPSA) is 88.7 Å². The van der Waals surface area contributed by atoms with Crippen LogP contribution in [0.2, 0.25) is 0 Å². The fourth-order valence-electron chi connectivity index (χ4n) is 2.44. The van der Waals surface area contributed by atoms with Crippen molar-refractivity contribution in [3.63, 3.8) is 0 Å². The van der Waals surface area contributed by atoms with Crippen LogP contribution in [0.1, 0.15) is 65.7 Å². The Bertz CT molecular complexity index is 358. The number of nitrogens with one attached hydrogen (secondary N) is 2. The van der Waals surface area contributed by atoms with Gasteiger partial charge in [0.25, 0.3) is 0 Å². The fraction of sp³-hybridized carbons (Fsp3) is 0.875. The summed E-state index contributed by atoms with van der Waals surface area (Å²) in [5, 5.41) is 6.03. The number of hydrogen-bond acceptors (Lipinski definition) is 3. The molecule has 128 valence electrons. The van der Waals surface area contributed by atoms with Crippen LogP contribution >= 0.6 is 0 Å². The van der Waals surface area contributed by atoms with Gasteiger partial charge in [0.1, 0.15) is 5.60 Å². The zero-order chi connectivity index (χ0) is 16.4. The number of aliphatic imine (C=N–C) groups is 1.